The molecule has 1 aliphatic rings. The van der Waals surface area contributed by atoms with Gasteiger partial charge >= 0.3 is 0 Å². The van der Waals surface area contributed by atoms with E-state index in [9.17, 15) is 13.2 Å². The van der Waals surface area contributed by atoms with Gasteiger partial charge in [0.05, 0.1) is 19.9 Å². The highest BCUT2D eigenvalue weighted by Gasteiger charge is 2.23. The van der Waals surface area contributed by atoms with E-state index < -0.39 is 10.0 Å². The lowest BCUT2D eigenvalue weighted by molar-refractivity contribution is -0.121. The SMILES string of the molecule is COc1ccc(OC)c(S(=O)(=O)Nc2ccc(C3=NNC(=O)CC3C)cc2)c1. The Morgan fingerprint density at radius 2 is 1.82 bits per heavy atom. The second-order valence-electron chi connectivity index (χ2n) is 6.34. The van der Waals surface area contributed by atoms with Gasteiger partial charge in [-0.3, -0.25) is 9.52 Å². The number of sulfonamides is 1. The van der Waals surface area contributed by atoms with E-state index in [1.165, 1.54) is 26.4 Å². The average Bonchev–Trinajstić information content (AvgIpc) is 2.68. The van der Waals surface area contributed by atoms with E-state index in [1.807, 2.05) is 6.92 Å². The second kappa shape index (κ2) is 7.89. The zero-order chi connectivity index (χ0) is 20.3. The summed E-state index contributed by atoms with van der Waals surface area (Å²) in [4.78, 5) is 11.4. The molecule has 0 spiro atoms. The molecule has 2 N–H and O–H groups in total. The maximum atomic E-state index is 12.8. The molecule has 1 aliphatic heterocycles. The molecular formula is C19H21N3O5S. The number of nitrogens with one attached hydrogen (secondary N) is 2. The van der Waals surface area contributed by atoms with E-state index in [-0.39, 0.29) is 22.5 Å². The van der Waals surface area contributed by atoms with Gasteiger partial charge in [0.25, 0.3) is 10.0 Å². The Kier molecular flexibility index (Phi) is 5.55. The van der Waals surface area contributed by atoms with Crippen LogP contribution in [0.1, 0.15) is 18.9 Å². The molecule has 8 nitrogen and oxygen atoms in total. The number of ether oxygens (including phenoxy) is 2. The topological polar surface area (TPSA) is 106 Å². The summed E-state index contributed by atoms with van der Waals surface area (Å²) in [6, 6.07) is 11.4. The van der Waals surface area contributed by atoms with Crippen molar-refractivity contribution in [2.45, 2.75) is 18.2 Å². The van der Waals surface area contributed by atoms with Crippen LogP contribution in [0.15, 0.2) is 52.5 Å². The lowest BCUT2D eigenvalue weighted by Gasteiger charge is -2.19. The van der Waals surface area contributed by atoms with Crippen molar-refractivity contribution in [1.29, 1.82) is 0 Å². The Morgan fingerprint density at radius 3 is 2.43 bits per heavy atom. The Balaban J connectivity index is 1.85. The van der Waals surface area contributed by atoms with Crippen molar-refractivity contribution in [2.75, 3.05) is 18.9 Å². The number of benzene rings is 2. The summed E-state index contributed by atoms with van der Waals surface area (Å²) in [5.74, 6) is 0.485. The molecule has 0 aliphatic carbocycles. The molecule has 0 aromatic heterocycles. The van der Waals surface area contributed by atoms with Crippen LogP contribution in [0.5, 0.6) is 11.5 Å². The van der Waals surface area contributed by atoms with E-state index in [0.717, 1.165) is 11.3 Å². The smallest absolute Gasteiger partial charge is 0.265 e. The van der Waals surface area contributed by atoms with Gasteiger partial charge in [-0.05, 0) is 29.8 Å². The molecule has 9 heteroatoms. The van der Waals surface area contributed by atoms with Gasteiger partial charge in [-0.1, -0.05) is 19.1 Å². The predicted octanol–water partition coefficient (Wildman–Crippen LogP) is 2.36. The Bertz CT molecular complexity index is 1020. The second-order valence-corrected chi connectivity index (χ2v) is 7.99. The van der Waals surface area contributed by atoms with Gasteiger partial charge in [0.15, 0.2) is 0 Å². The van der Waals surface area contributed by atoms with Crippen molar-refractivity contribution in [3.8, 4) is 11.5 Å². The molecule has 1 unspecified atom stereocenters. The molecule has 28 heavy (non-hydrogen) atoms. The molecule has 0 radical (unpaired) electrons. The van der Waals surface area contributed by atoms with Crippen molar-refractivity contribution in [2.24, 2.45) is 11.0 Å². The predicted molar refractivity (Wildman–Crippen MR) is 105 cm³/mol. The fraction of sp³-hybridized carbons (Fsp3) is 0.263. The molecule has 0 saturated carbocycles. The number of methoxy groups -OCH3 is 2. The first kappa shape index (κ1) is 19.7. The number of nitrogens with zero attached hydrogens (tertiary/aromatic N) is 1. The highest BCUT2D eigenvalue weighted by atomic mass is 32.2. The minimum absolute atomic E-state index is 0.0164. The molecule has 3 rings (SSSR count). The first-order valence-electron chi connectivity index (χ1n) is 8.55. The number of anilines is 1. The maximum absolute atomic E-state index is 12.8. The van der Waals surface area contributed by atoms with Crippen LogP contribution in [0, 0.1) is 5.92 Å². The van der Waals surface area contributed by atoms with Crippen LogP contribution in [0.25, 0.3) is 0 Å². The van der Waals surface area contributed by atoms with Crippen LogP contribution in [0.4, 0.5) is 5.69 Å². The zero-order valence-corrected chi connectivity index (χ0v) is 16.5. The van der Waals surface area contributed by atoms with E-state index in [1.54, 1.807) is 30.3 Å². The molecular weight excluding hydrogens is 382 g/mol. The third kappa shape index (κ3) is 4.09. The number of hydrogen-bond acceptors (Lipinski definition) is 6. The summed E-state index contributed by atoms with van der Waals surface area (Å²) in [5.41, 5.74) is 4.43. The summed E-state index contributed by atoms with van der Waals surface area (Å²) in [6.45, 7) is 1.92. The van der Waals surface area contributed by atoms with Gasteiger partial charge < -0.3 is 9.47 Å². The third-order valence-electron chi connectivity index (χ3n) is 4.35. The number of carbonyl (C=O) groups excluding carboxylic acids is 1. The molecule has 2 aromatic rings. The number of rotatable bonds is 6. The van der Waals surface area contributed by atoms with Crippen LogP contribution >= 0.6 is 0 Å². The van der Waals surface area contributed by atoms with Crippen LogP contribution in [-0.4, -0.2) is 34.3 Å². The van der Waals surface area contributed by atoms with Crippen LogP contribution in [0.2, 0.25) is 0 Å². The number of amides is 1. The number of hydrogen-bond donors (Lipinski definition) is 2. The maximum Gasteiger partial charge on any atom is 0.265 e. The molecule has 2 aromatic carbocycles. The summed E-state index contributed by atoms with van der Waals surface area (Å²) < 4.78 is 38.4. The quantitative estimate of drug-likeness (QED) is 0.770. The number of carbonyl (C=O) groups is 1. The first-order valence-corrected chi connectivity index (χ1v) is 10.0. The minimum atomic E-state index is -3.89. The van der Waals surface area contributed by atoms with E-state index in [2.05, 4.69) is 15.2 Å². The number of hydrazone groups is 1. The van der Waals surface area contributed by atoms with Gasteiger partial charge in [0.1, 0.15) is 16.4 Å². The normalized spacial score (nSPS) is 16.8. The van der Waals surface area contributed by atoms with E-state index in [0.29, 0.717) is 17.9 Å². The van der Waals surface area contributed by atoms with Crippen LogP contribution in [-0.2, 0) is 14.8 Å². The highest BCUT2D eigenvalue weighted by Crippen LogP contribution is 2.30. The fourth-order valence-corrected chi connectivity index (χ4v) is 4.16. The van der Waals surface area contributed by atoms with Gasteiger partial charge in [0, 0.05) is 24.1 Å². The van der Waals surface area contributed by atoms with Crippen LogP contribution < -0.4 is 19.6 Å². The van der Waals surface area contributed by atoms with Gasteiger partial charge in [-0.15, -0.1) is 0 Å². The molecule has 1 heterocycles. The van der Waals surface area contributed by atoms with Crippen molar-refractivity contribution in [1.82, 2.24) is 5.43 Å². The third-order valence-corrected chi connectivity index (χ3v) is 5.76. The van der Waals surface area contributed by atoms with Crippen molar-refractivity contribution in [3.63, 3.8) is 0 Å². The molecule has 0 bridgehead atoms. The molecule has 0 saturated heterocycles. The Hall–Kier alpha value is -3.07. The van der Waals surface area contributed by atoms with Crippen molar-refractivity contribution in [3.05, 3.63) is 48.0 Å². The first-order chi connectivity index (χ1) is 13.3. The van der Waals surface area contributed by atoms with Gasteiger partial charge in [-0.2, -0.15) is 5.10 Å². The molecule has 1 amide bonds. The summed E-state index contributed by atoms with van der Waals surface area (Å²) in [7, 11) is -1.02. The van der Waals surface area contributed by atoms with Crippen molar-refractivity contribution < 1.29 is 22.7 Å². The Morgan fingerprint density at radius 1 is 1.11 bits per heavy atom. The standard InChI is InChI=1S/C19H21N3O5S/c1-12-10-18(23)20-21-19(12)13-4-6-14(7-5-13)22-28(24,25)17-11-15(26-2)8-9-16(17)27-3/h4-9,11-12,22H,10H2,1-3H3,(H,20,23). The average molecular weight is 403 g/mol. The fourth-order valence-electron chi connectivity index (χ4n) is 2.92. The molecule has 0 fully saturated rings. The highest BCUT2D eigenvalue weighted by molar-refractivity contribution is 7.92. The summed E-state index contributed by atoms with van der Waals surface area (Å²) in [5, 5.41) is 4.10. The largest absolute Gasteiger partial charge is 0.497 e. The molecule has 148 valence electrons. The summed E-state index contributed by atoms with van der Waals surface area (Å²) in [6.07, 6.45) is 0.364. The summed E-state index contributed by atoms with van der Waals surface area (Å²) >= 11 is 0. The zero-order valence-electron chi connectivity index (χ0n) is 15.7. The van der Waals surface area contributed by atoms with Crippen LogP contribution in [0.3, 0.4) is 0 Å². The van der Waals surface area contributed by atoms with E-state index in [4.69, 9.17) is 9.47 Å². The lowest BCUT2D eigenvalue weighted by Crippen LogP contribution is -2.31. The van der Waals surface area contributed by atoms with E-state index >= 15 is 0 Å². The van der Waals surface area contributed by atoms with Gasteiger partial charge in [0.2, 0.25) is 5.91 Å². The minimum Gasteiger partial charge on any atom is -0.497 e. The lowest BCUT2D eigenvalue weighted by atomic mass is 9.94. The van der Waals surface area contributed by atoms with Crippen molar-refractivity contribution >= 4 is 27.3 Å². The monoisotopic (exact) mass is 403 g/mol. The van der Waals surface area contributed by atoms with Gasteiger partial charge in [-0.25, -0.2) is 13.8 Å². The Labute approximate surface area is 163 Å². The molecule has 1 atom stereocenters.